The topological polar surface area (TPSA) is 55.1 Å². The van der Waals surface area contributed by atoms with Crippen LogP contribution in [0, 0.1) is 0 Å². The van der Waals surface area contributed by atoms with Gasteiger partial charge in [-0.1, -0.05) is 35.0 Å². The smallest absolute Gasteiger partial charge is 0.273 e. The number of hydrogen-bond acceptors (Lipinski definition) is 4. The van der Waals surface area contributed by atoms with Crippen molar-refractivity contribution in [3.05, 3.63) is 64.1 Å². The maximum Gasteiger partial charge on any atom is 0.273 e. The first-order chi connectivity index (χ1) is 10.7. The van der Waals surface area contributed by atoms with Gasteiger partial charge in [-0.3, -0.25) is 4.79 Å². The lowest BCUT2D eigenvalue weighted by molar-refractivity contribution is 0.0945. The van der Waals surface area contributed by atoms with E-state index in [2.05, 4.69) is 10.5 Å². The summed E-state index contributed by atoms with van der Waals surface area (Å²) in [6, 6.07) is 13.1. The fourth-order valence-electron chi connectivity index (χ4n) is 2.02. The minimum absolute atomic E-state index is 0.242. The second kappa shape index (κ2) is 6.77. The third-order valence-corrected chi connectivity index (χ3v) is 4.21. The van der Waals surface area contributed by atoms with Crippen molar-refractivity contribution in [2.24, 2.45) is 0 Å². The summed E-state index contributed by atoms with van der Waals surface area (Å²) in [6.45, 7) is 0.514. The number of rotatable bonds is 5. The van der Waals surface area contributed by atoms with E-state index in [1.807, 2.05) is 41.8 Å². The van der Waals surface area contributed by atoms with Crippen LogP contribution in [-0.4, -0.2) is 17.6 Å². The highest BCUT2D eigenvalue weighted by atomic mass is 35.5. The quantitative estimate of drug-likeness (QED) is 0.767. The Morgan fingerprint density at radius 3 is 2.95 bits per heavy atom. The van der Waals surface area contributed by atoms with Gasteiger partial charge >= 0.3 is 0 Å². The van der Waals surface area contributed by atoms with Crippen LogP contribution < -0.4 is 5.32 Å². The van der Waals surface area contributed by atoms with Gasteiger partial charge in [0.05, 0.1) is 4.88 Å². The molecule has 112 valence electrons. The molecule has 6 heteroatoms. The number of carbonyl (C=O) groups is 1. The lowest BCUT2D eigenvalue weighted by Crippen LogP contribution is -2.25. The Kier molecular flexibility index (Phi) is 4.56. The second-order valence-corrected chi connectivity index (χ2v) is 6.07. The number of nitrogens with zero attached hydrogens (tertiary/aromatic N) is 1. The number of thiophene rings is 1. The van der Waals surface area contributed by atoms with Crippen molar-refractivity contribution in [2.75, 3.05) is 6.54 Å². The maximum absolute atomic E-state index is 12.0. The van der Waals surface area contributed by atoms with Gasteiger partial charge in [-0.2, -0.15) is 0 Å². The van der Waals surface area contributed by atoms with Gasteiger partial charge in [-0.15, -0.1) is 11.3 Å². The Balaban J connectivity index is 1.56. The van der Waals surface area contributed by atoms with Gasteiger partial charge in [-0.05, 0) is 35.6 Å². The molecule has 0 aliphatic rings. The van der Waals surface area contributed by atoms with Crippen LogP contribution in [0.2, 0.25) is 5.02 Å². The number of nitrogens with one attached hydrogen (secondary N) is 1. The zero-order valence-electron chi connectivity index (χ0n) is 11.6. The van der Waals surface area contributed by atoms with Crippen LogP contribution in [0.15, 0.2) is 52.4 Å². The van der Waals surface area contributed by atoms with Crippen molar-refractivity contribution in [1.82, 2.24) is 10.5 Å². The van der Waals surface area contributed by atoms with Gasteiger partial charge in [0, 0.05) is 17.6 Å². The second-order valence-electron chi connectivity index (χ2n) is 4.69. The first kappa shape index (κ1) is 14.8. The van der Waals surface area contributed by atoms with Crippen LogP contribution in [-0.2, 0) is 6.42 Å². The van der Waals surface area contributed by atoms with E-state index in [0.717, 1.165) is 10.4 Å². The van der Waals surface area contributed by atoms with E-state index < -0.39 is 0 Å². The SMILES string of the molecule is O=C(NCCc1cccc(Cl)c1)c1cc(-c2cccs2)on1. The Bertz CT molecular complexity index is 768. The van der Waals surface area contributed by atoms with Gasteiger partial charge in [0.1, 0.15) is 0 Å². The van der Waals surface area contributed by atoms with Gasteiger partial charge in [-0.25, -0.2) is 0 Å². The molecule has 3 rings (SSSR count). The number of carbonyl (C=O) groups excluding carboxylic acids is 1. The highest BCUT2D eigenvalue weighted by Gasteiger charge is 2.13. The Hall–Kier alpha value is -2.11. The van der Waals surface area contributed by atoms with Crippen molar-refractivity contribution in [2.45, 2.75) is 6.42 Å². The van der Waals surface area contributed by atoms with E-state index in [-0.39, 0.29) is 11.6 Å². The van der Waals surface area contributed by atoms with E-state index in [1.54, 1.807) is 6.07 Å². The van der Waals surface area contributed by atoms with Crippen molar-refractivity contribution in [1.29, 1.82) is 0 Å². The molecule has 0 spiro atoms. The van der Waals surface area contributed by atoms with E-state index in [0.29, 0.717) is 23.7 Å². The van der Waals surface area contributed by atoms with Crippen LogP contribution in [0.3, 0.4) is 0 Å². The maximum atomic E-state index is 12.0. The van der Waals surface area contributed by atoms with Crippen LogP contribution in [0.25, 0.3) is 10.6 Å². The minimum atomic E-state index is -0.242. The summed E-state index contributed by atoms with van der Waals surface area (Å²) in [7, 11) is 0. The molecule has 1 amide bonds. The molecule has 0 saturated carbocycles. The van der Waals surface area contributed by atoms with Gasteiger partial charge in [0.15, 0.2) is 11.5 Å². The molecule has 1 N–H and O–H groups in total. The monoisotopic (exact) mass is 332 g/mol. The van der Waals surface area contributed by atoms with Crippen LogP contribution in [0.5, 0.6) is 0 Å². The van der Waals surface area contributed by atoms with E-state index in [1.165, 1.54) is 11.3 Å². The molecule has 22 heavy (non-hydrogen) atoms. The molecule has 0 aliphatic carbocycles. The van der Waals surface area contributed by atoms with Gasteiger partial charge in [0.25, 0.3) is 5.91 Å². The Morgan fingerprint density at radius 2 is 2.18 bits per heavy atom. The number of benzene rings is 1. The summed E-state index contributed by atoms with van der Waals surface area (Å²) in [4.78, 5) is 13.0. The summed E-state index contributed by atoms with van der Waals surface area (Å²) < 4.78 is 5.19. The zero-order valence-corrected chi connectivity index (χ0v) is 13.2. The number of halogens is 1. The van der Waals surface area contributed by atoms with Crippen molar-refractivity contribution < 1.29 is 9.32 Å². The standard InChI is InChI=1S/C16H13ClN2O2S/c17-12-4-1-3-11(9-12)6-7-18-16(20)13-10-14(21-19-13)15-5-2-8-22-15/h1-5,8-10H,6-7H2,(H,18,20). The van der Waals surface area contributed by atoms with Crippen molar-refractivity contribution in [3.63, 3.8) is 0 Å². The highest BCUT2D eigenvalue weighted by Crippen LogP contribution is 2.25. The lowest BCUT2D eigenvalue weighted by Gasteiger charge is -2.03. The normalized spacial score (nSPS) is 10.6. The minimum Gasteiger partial charge on any atom is -0.355 e. The first-order valence-corrected chi connectivity index (χ1v) is 8.01. The Labute approximate surface area is 136 Å². The Morgan fingerprint density at radius 1 is 1.27 bits per heavy atom. The molecule has 1 aromatic carbocycles. The molecule has 0 atom stereocenters. The summed E-state index contributed by atoms with van der Waals surface area (Å²) in [5.74, 6) is 0.364. The summed E-state index contributed by atoms with van der Waals surface area (Å²) in [5.41, 5.74) is 1.36. The van der Waals surface area contributed by atoms with E-state index in [9.17, 15) is 4.79 Å². The lowest BCUT2D eigenvalue weighted by atomic mass is 10.1. The highest BCUT2D eigenvalue weighted by molar-refractivity contribution is 7.13. The van der Waals surface area contributed by atoms with Crippen LogP contribution >= 0.6 is 22.9 Å². The van der Waals surface area contributed by atoms with Crippen molar-refractivity contribution >= 4 is 28.8 Å². The van der Waals surface area contributed by atoms with Gasteiger partial charge in [0.2, 0.25) is 0 Å². The number of aromatic nitrogens is 1. The van der Waals surface area contributed by atoms with Crippen LogP contribution in [0.1, 0.15) is 16.1 Å². The fraction of sp³-hybridized carbons (Fsp3) is 0.125. The predicted octanol–water partition coefficient (Wildman–Crippen LogP) is 4.03. The van der Waals surface area contributed by atoms with Gasteiger partial charge < -0.3 is 9.84 Å². The third kappa shape index (κ3) is 3.55. The molecular formula is C16H13ClN2O2S. The molecule has 3 aromatic rings. The molecule has 4 nitrogen and oxygen atoms in total. The molecule has 0 saturated heterocycles. The average Bonchev–Trinajstić information content (AvgIpc) is 3.18. The number of amides is 1. The summed E-state index contributed by atoms with van der Waals surface area (Å²) in [6.07, 6.45) is 0.710. The molecule has 0 fully saturated rings. The summed E-state index contributed by atoms with van der Waals surface area (Å²) in [5, 5.41) is 9.28. The fourth-order valence-corrected chi connectivity index (χ4v) is 2.91. The largest absolute Gasteiger partial charge is 0.355 e. The molecule has 0 bridgehead atoms. The van der Waals surface area contributed by atoms with E-state index >= 15 is 0 Å². The molecule has 0 aliphatic heterocycles. The molecule has 0 unspecified atom stereocenters. The molecular weight excluding hydrogens is 320 g/mol. The zero-order chi connectivity index (χ0) is 15.4. The summed E-state index contributed by atoms with van der Waals surface area (Å²) >= 11 is 7.46. The first-order valence-electron chi connectivity index (χ1n) is 6.75. The number of hydrogen-bond donors (Lipinski definition) is 1. The van der Waals surface area contributed by atoms with Crippen LogP contribution in [0.4, 0.5) is 0 Å². The third-order valence-electron chi connectivity index (χ3n) is 3.10. The molecule has 2 heterocycles. The van der Waals surface area contributed by atoms with E-state index in [4.69, 9.17) is 16.1 Å². The van der Waals surface area contributed by atoms with Crippen molar-refractivity contribution in [3.8, 4) is 10.6 Å². The predicted molar refractivity (Wildman–Crippen MR) is 87.3 cm³/mol. The molecule has 0 radical (unpaired) electrons. The average molecular weight is 333 g/mol. The molecule has 2 aromatic heterocycles.